The van der Waals surface area contributed by atoms with E-state index in [2.05, 4.69) is 62.5 Å². The highest BCUT2D eigenvalue weighted by Crippen LogP contribution is 2.37. The number of likely N-dealkylation sites (N-methyl/N-ethyl adjacent to an activating group) is 1. The van der Waals surface area contributed by atoms with Crippen LogP contribution in [0.2, 0.25) is 0 Å². The molecule has 0 aliphatic carbocycles. The van der Waals surface area contributed by atoms with Gasteiger partial charge in [-0.3, -0.25) is 0 Å². The molecule has 0 atom stereocenters. The zero-order valence-electron chi connectivity index (χ0n) is 13.3. The first-order chi connectivity index (χ1) is 11.3. The van der Waals surface area contributed by atoms with Gasteiger partial charge in [-0.15, -0.1) is 11.3 Å². The van der Waals surface area contributed by atoms with E-state index in [1.54, 1.807) is 17.7 Å². The van der Waals surface area contributed by atoms with Gasteiger partial charge in [-0.1, -0.05) is 30.3 Å². The Hall–Kier alpha value is -1.98. The molecular formula is C18H20N4S. The summed E-state index contributed by atoms with van der Waals surface area (Å²) in [5.74, 6) is 1.09. The monoisotopic (exact) mass is 324 g/mol. The van der Waals surface area contributed by atoms with Crippen LogP contribution in [0, 0.1) is 0 Å². The zero-order chi connectivity index (χ0) is 15.6. The van der Waals surface area contributed by atoms with Gasteiger partial charge >= 0.3 is 0 Å². The van der Waals surface area contributed by atoms with Gasteiger partial charge in [0.25, 0.3) is 0 Å². The van der Waals surface area contributed by atoms with Crippen LogP contribution in [0.4, 0.5) is 5.82 Å². The Morgan fingerprint density at radius 1 is 1.00 bits per heavy atom. The van der Waals surface area contributed by atoms with E-state index >= 15 is 0 Å². The van der Waals surface area contributed by atoms with Crippen molar-refractivity contribution in [3.8, 4) is 11.1 Å². The smallest absolute Gasteiger partial charge is 0.141 e. The second-order valence-electron chi connectivity index (χ2n) is 6.04. The number of hydrogen-bond acceptors (Lipinski definition) is 5. The van der Waals surface area contributed by atoms with Crippen LogP contribution in [-0.2, 0) is 0 Å². The lowest BCUT2D eigenvalue weighted by Gasteiger charge is -2.22. The summed E-state index contributed by atoms with van der Waals surface area (Å²) in [7, 11) is 2.19. The van der Waals surface area contributed by atoms with Crippen LogP contribution in [0.3, 0.4) is 0 Å². The van der Waals surface area contributed by atoms with Gasteiger partial charge in [0.05, 0.1) is 5.39 Å². The molecule has 4 rings (SSSR count). The molecule has 2 aromatic heterocycles. The number of thiophene rings is 1. The highest BCUT2D eigenvalue weighted by atomic mass is 32.1. The van der Waals surface area contributed by atoms with Gasteiger partial charge in [-0.2, -0.15) is 0 Å². The van der Waals surface area contributed by atoms with E-state index in [-0.39, 0.29) is 0 Å². The van der Waals surface area contributed by atoms with Gasteiger partial charge in [0.15, 0.2) is 0 Å². The van der Waals surface area contributed by atoms with Crippen LogP contribution in [0.1, 0.15) is 6.42 Å². The Balaban J connectivity index is 1.82. The third-order valence-electron chi connectivity index (χ3n) is 4.45. The minimum Gasteiger partial charge on any atom is -0.355 e. The third kappa shape index (κ3) is 2.82. The average molecular weight is 324 g/mol. The zero-order valence-corrected chi connectivity index (χ0v) is 14.1. The van der Waals surface area contributed by atoms with Crippen LogP contribution < -0.4 is 4.90 Å². The fourth-order valence-electron chi connectivity index (χ4n) is 3.19. The lowest BCUT2D eigenvalue weighted by molar-refractivity contribution is 0.360. The molecule has 3 heterocycles. The Morgan fingerprint density at radius 3 is 2.74 bits per heavy atom. The van der Waals surface area contributed by atoms with Crippen molar-refractivity contribution in [2.45, 2.75) is 6.42 Å². The first-order valence-electron chi connectivity index (χ1n) is 8.04. The summed E-state index contributed by atoms with van der Waals surface area (Å²) in [4.78, 5) is 15.0. The molecule has 1 aromatic carbocycles. The first kappa shape index (κ1) is 14.6. The first-order valence-corrected chi connectivity index (χ1v) is 8.92. The molecular weight excluding hydrogens is 304 g/mol. The van der Waals surface area contributed by atoms with Crippen LogP contribution in [0.5, 0.6) is 0 Å². The second-order valence-corrected chi connectivity index (χ2v) is 6.89. The standard InChI is InChI=1S/C18H20N4S/c1-21-8-5-9-22(11-10-21)17-16-15(14-6-3-2-4-7-14)12-23-18(16)20-13-19-17/h2-4,6-7,12-13H,5,8-11H2,1H3. The quantitative estimate of drug-likeness (QED) is 0.722. The maximum Gasteiger partial charge on any atom is 0.141 e. The van der Waals surface area contributed by atoms with Gasteiger partial charge < -0.3 is 9.80 Å². The minimum absolute atomic E-state index is 1.02. The molecule has 0 amide bonds. The molecule has 4 nitrogen and oxygen atoms in total. The van der Waals surface area contributed by atoms with E-state index in [0.29, 0.717) is 0 Å². The number of fused-ring (bicyclic) bond motifs is 1. The highest BCUT2D eigenvalue weighted by Gasteiger charge is 2.19. The van der Waals surface area contributed by atoms with Crippen LogP contribution in [0.25, 0.3) is 21.3 Å². The van der Waals surface area contributed by atoms with Crippen LogP contribution in [0.15, 0.2) is 42.0 Å². The third-order valence-corrected chi connectivity index (χ3v) is 5.34. The molecule has 3 aromatic rings. The summed E-state index contributed by atoms with van der Waals surface area (Å²) in [5, 5.41) is 3.41. The van der Waals surface area contributed by atoms with Crippen LogP contribution in [-0.4, -0.2) is 48.1 Å². The van der Waals surface area contributed by atoms with E-state index < -0.39 is 0 Å². The number of rotatable bonds is 2. The molecule has 23 heavy (non-hydrogen) atoms. The summed E-state index contributed by atoms with van der Waals surface area (Å²) in [6.07, 6.45) is 2.88. The van der Waals surface area contributed by atoms with E-state index in [1.807, 2.05) is 0 Å². The molecule has 1 saturated heterocycles. The summed E-state index contributed by atoms with van der Waals surface area (Å²) in [5.41, 5.74) is 2.49. The summed E-state index contributed by atoms with van der Waals surface area (Å²) in [6, 6.07) is 10.6. The van der Waals surface area contributed by atoms with Gasteiger partial charge in [0, 0.05) is 30.6 Å². The van der Waals surface area contributed by atoms with Crippen molar-refractivity contribution >= 4 is 27.4 Å². The second kappa shape index (κ2) is 6.26. The van der Waals surface area contributed by atoms with Crippen molar-refractivity contribution < 1.29 is 0 Å². The number of benzene rings is 1. The van der Waals surface area contributed by atoms with Gasteiger partial charge in [-0.05, 0) is 25.6 Å². The van der Waals surface area contributed by atoms with Crippen molar-refractivity contribution in [1.82, 2.24) is 14.9 Å². The molecule has 0 unspecified atom stereocenters. The Labute approximate surface area is 140 Å². The maximum atomic E-state index is 4.66. The van der Waals surface area contributed by atoms with Crippen molar-refractivity contribution in [2.24, 2.45) is 0 Å². The lowest BCUT2D eigenvalue weighted by Crippen LogP contribution is -2.29. The van der Waals surface area contributed by atoms with E-state index in [1.165, 1.54) is 22.9 Å². The fraction of sp³-hybridized carbons (Fsp3) is 0.333. The lowest BCUT2D eigenvalue weighted by atomic mass is 10.1. The van der Waals surface area contributed by atoms with E-state index in [9.17, 15) is 0 Å². The molecule has 0 bridgehead atoms. The number of hydrogen-bond donors (Lipinski definition) is 0. The largest absolute Gasteiger partial charge is 0.355 e. The fourth-order valence-corrected chi connectivity index (χ4v) is 4.10. The Morgan fingerprint density at radius 2 is 1.87 bits per heavy atom. The molecule has 1 aliphatic rings. The van der Waals surface area contributed by atoms with E-state index in [4.69, 9.17) is 0 Å². The molecule has 0 saturated carbocycles. The highest BCUT2D eigenvalue weighted by molar-refractivity contribution is 7.17. The van der Waals surface area contributed by atoms with Gasteiger partial charge in [0.1, 0.15) is 17.0 Å². The topological polar surface area (TPSA) is 32.3 Å². The molecule has 0 radical (unpaired) electrons. The van der Waals surface area contributed by atoms with Crippen LogP contribution >= 0.6 is 11.3 Å². The van der Waals surface area contributed by atoms with Crippen molar-refractivity contribution in [1.29, 1.82) is 0 Å². The summed E-state index contributed by atoms with van der Waals surface area (Å²) >= 11 is 1.70. The van der Waals surface area contributed by atoms with Crippen molar-refractivity contribution in [2.75, 3.05) is 38.1 Å². The SMILES string of the molecule is CN1CCCN(c2ncnc3scc(-c4ccccc4)c23)CC1. The normalized spacial score (nSPS) is 16.7. The Kier molecular flexibility index (Phi) is 3.97. The average Bonchev–Trinajstić information content (AvgIpc) is 2.91. The van der Waals surface area contributed by atoms with Gasteiger partial charge in [-0.25, -0.2) is 9.97 Å². The molecule has 0 spiro atoms. The number of nitrogens with zero attached hydrogens (tertiary/aromatic N) is 4. The minimum atomic E-state index is 1.02. The van der Waals surface area contributed by atoms with Gasteiger partial charge in [0.2, 0.25) is 0 Å². The Bertz CT molecular complexity index is 799. The van der Waals surface area contributed by atoms with Crippen molar-refractivity contribution in [3.63, 3.8) is 0 Å². The molecule has 118 valence electrons. The number of aromatic nitrogens is 2. The predicted molar refractivity (Wildman–Crippen MR) is 97.2 cm³/mol. The maximum absolute atomic E-state index is 4.66. The number of anilines is 1. The molecule has 1 fully saturated rings. The van der Waals surface area contributed by atoms with E-state index in [0.717, 1.165) is 36.8 Å². The van der Waals surface area contributed by atoms with Crippen molar-refractivity contribution in [3.05, 3.63) is 42.0 Å². The molecule has 5 heteroatoms. The predicted octanol–water partition coefficient (Wildman–Crippen LogP) is 3.50. The summed E-state index contributed by atoms with van der Waals surface area (Å²) < 4.78 is 0. The molecule has 1 aliphatic heterocycles. The summed E-state index contributed by atoms with van der Waals surface area (Å²) in [6.45, 7) is 4.31. The molecule has 0 N–H and O–H groups in total.